The topological polar surface area (TPSA) is 93.2 Å². The maximum absolute atomic E-state index is 13.1. The van der Waals surface area contributed by atoms with Crippen LogP contribution in [0.25, 0.3) is 0 Å². The molecule has 0 radical (unpaired) electrons. The summed E-state index contributed by atoms with van der Waals surface area (Å²) >= 11 is 0. The molecule has 8 nitrogen and oxygen atoms in total. The predicted molar refractivity (Wildman–Crippen MR) is 129 cm³/mol. The third-order valence-corrected chi connectivity index (χ3v) is 8.83. The van der Waals surface area contributed by atoms with Crippen molar-refractivity contribution in [3.8, 4) is 11.5 Å². The van der Waals surface area contributed by atoms with Crippen LogP contribution in [0, 0.1) is 0 Å². The summed E-state index contributed by atoms with van der Waals surface area (Å²) in [6.45, 7) is 2.26. The fraction of sp³-hybridized carbons (Fsp3) is 0.462. The maximum atomic E-state index is 13.1. The first-order valence-corrected chi connectivity index (χ1v) is 13.7. The first kappa shape index (κ1) is 23.8. The molecule has 1 fully saturated rings. The Kier molecular flexibility index (Phi) is 6.80. The second kappa shape index (κ2) is 9.99. The monoisotopic (exact) mass is 498 g/mol. The van der Waals surface area contributed by atoms with Crippen LogP contribution in [0.3, 0.4) is 0 Å². The van der Waals surface area contributed by atoms with Crippen molar-refractivity contribution < 1.29 is 27.5 Å². The Balaban J connectivity index is 1.14. The maximum Gasteiger partial charge on any atom is 0.243 e. The number of benzene rings is 2. The predicted octanol–water partition coefficient (Wildman–Crippen LogP) is 2.83. The van der Waals surface area contributed by atoms with Gasteiger partial charge in [0.25, 0.3) is 0 Å². The molecular formula is C26H30N2O6S. The number of hydrogen-bond acceptors (Lipinski definition) is 6. The van der Waals surface area contributed by atoms with Gasteiger partial charge in [-0.25, -0.2) is 8.42 Å². The number of ketones is 1. The van der Waals surface area contributed by atoms with E-state index >= 15 is 0 Å². The van der Waals surface area contributed by atoms with Gasteiger partial charge < -0.3 is 14.4 Å². The Labute approximate surface area is 205 Å². The largest absolute Gasteiger partial charge is 0.490 e. The van der Waals surface area contributed by atoms with Crippen molar-refractivity contribution in [3.05, 3.63) is 53.1 Å². The van der Waals surface area contributed by atoms with E-state index in [1.54, 1.807) is 35.2 Å². The van der Waals surface area contributed by atoms with E-state index < -0.39 is 10.0 Å². The van der Waals surface area contributed by atoms with Gasteiger partial charge in [0.15, 0.2) is 17.3 Å². The highest BCUT2D eigenvalue weighted by atomic mass is 32.2. The molecule has 2 heterocycles. The minimum Gasteiger partial charge on any atom is -0.490 e. The molecule has 2 aliphatic heterocycles. The van der Waals surface area contributed by atoms with E-state index in [1.807, 2.05) is 6.07 Å². The molecule has 0 atom stereocenters. The standard InChI is InChI=1S/C26H30N2O6S/c29-23(21-6-9-24-25(18-21)34-16-2-15-33-24)8-10-26(30)27-11-13-28(14-12-27)35(31,32)22-7-5-19-3-1-4-20(19)17-22/h5-7,9,17-18H,1-4,8,10-16H2. The van der Waals surface area contributed by atoms with E-state index in [0.29, 0.717) is 48.3 Å². The summed E-state index contributed by atoms with van der Waals surface area (Å²) < 4.78 is 38.9. The van der Waals surface area contributed by atoms with Crippen LogP contribution in [0.2, 0.25) is 0 Å². The molecule has 0 unspecified atom stereocenters. The Hall–Kier alpha value is -2.91. The van der Waals surface area contributed by atoms with Gasteiger partial charge in [-0.3, -0.25) is 9.59 Å². The molecule has 1 saturated heterocycles. The van der Waals surface area contributed by atoms with Gasteiger partial charge >= 0.3 is 0 Å². The number of Topliss-reactive ketones (excluding diaryl/α,β-unsaturated/α-hetero) is 1. The number of nitrogens with zero attached hydrogens (tertiary/aromatic N) is 2. The lowest BCUT2D eigenvalue weighted by molar-refractivity contribution is -0.132. The second-order valence-corrected chi connectivity index (χ2v) is 11.1. The summed E-state index contributed by atoms with van der Waals surface area (Å²) in [5.41, 5.74) is 2.85. The number of sulfonamides is 1. The lowest BCUT2D eigenvalue weighted by Crippen LogP contribution is -2.50. The van der Waals surface area contributed by atoms with Gasteiger partial charge in [-0.2, -0.15) is 4.31 Å². The van der Waals surface area contributed by atoms with Crippen molar-refractivity contribution in [3.63, 3.8) is 0 Å². The van der Waals surface area contributed by atoms with Crippen LogP contribution in [-0.4, -0.2) is 68.7 Å². The van der Waals surface area contributed by atoms with Crippen LogP contribution in [0.15, 0.2) is 41.3 Å². The SMILES string of the molecule is O=C(CCC(=O)N1CCN(S(=O)(=O)c2ccc3c(c2)CCC3)CC1)c1ccc2c(c1)OCCCO2. The second-order valence-electron chi connectivity index (χ2n) is 9.20. The smallest absolute Gasteiger partial charge is 0.243 e. The van der Waals surface area contributed by atoms with Crippen LogP contribution < -0.4 is 9.47 Å². The molecule has 9 heteroatoms. The van der Waals surface area contributed by atoms with E-state index in [0.717, 1.165) is 31.2 Å². The minimum atomic E-state index is -3.59. The van der Waals surface area contributed by atoms with Gasteiger partial charge in [0, 0.05) is 51.0 Å². The average Bonchev–Trinajstić information content (AvgIpc) is 3.23. The van der Waals surface area contributed by atoms with Crippen molar-refractivity contribution >= 4 is 21.7 Å². The van der Waals surface area contributed by atoms with E-state index in [2.05, 4.69) is 0 Å². The molecule has 186 valence electrons. The van der Waals surface area contributed by atoms with E-state index in [-0.39, 0.29) is 37.6 Å². The minimum absolute atomic E-state index is 0.0881. The third-order valence-electron chi connectivity index (χ3n) is 6.93. The van der Waals surface area contributed by atoms with Gasteiger partial charge in [0.05, 0.1) is 18.1 Å². The summed E-state index contributed by atoms with van der Waals surface area (Å²) in [4.78, 5) is 27.4. The van der Waals surface area contributed by atoms with Crippen LogP contribution in [-0.2, 0) is 27.7 Å². The van der Waals surface area contributed by atoms with E-state index in [4.69, 9.17) is 9.47 Å². The van der Waals surface area contributed by atoms with E-state index in [9.17, 15) is 18.0 Å². The molecule has 0 aromatic heterocycles. The van der Waals surface area contributed by atoms with Crippen molar-refractivity contribution in [2.75, 3.05) is 39.4 Å². The van der Waals surface area contributed by atoms with Crippen LogP contribution in [0.1, 0.15) is 47.2 Å². The molecule has 35 heavy (non-hydrogen) atoms. The summed E-state index contributed by atoms with van der Waals surface area (Å²) in [6.07, 6.45) is 3.96. The molecule has 0 saturated carbocycles. The number of ether oxygens (including phenoxy) is 2. The number of aryl methyl sites for hydroxylation is 2. The molecule has 0 spiro atoms. The Bertz CT molecular complexity index is 1230. The van der Waals surface area contributed by atoms with Gasteiger partial charge in [0.1, 0.15) is 0 Å². The molecule has 2 aromatic carbocycles. The Morgan fingerprint density at radius 3 is 2.34 bits per heavy atom. The molecule has 3 aliphatic rings. The number of carbonyl (C=O) groups is 2. The zero-order valence-corrected chi connectivity index (χ0v) is 20.5. The fourth-order valence-corrected chi connectivity index (χ4v) is 6.37. The van der Waals surface area contributed by atoms with Crippen molar-refractivity contribution in [2.24, 2.45) is 0 Å². The number of fused-ring (bicyclic) bond motifs is 2. The molecule has 5 rings (SSSR count). The van der Waals surface area contributed by atoms with Gasteiger partial charge in [-0.1, -0.05) is 6.07 Å². The quantitative estimate of drug-likeness (QED) is 0.569. The number of carbonyl (C=O) groups excluding carboxylic acids is 2. The van der Waals surface area contributed by atoms with Crippen molar-refractivity contribution in [1.82, 2.24) is 9.21 Å². The van der Waals surface area contributed by atoms with Crippen LogP contribution >= 0.6 is 0 Å². The average molecular weight is 499 g/mol. The van der Waals surface area contributed by atoms with Crippen molar-refractivity contribution in [1.29, 1.82) is 0 Å². The molecule has 1 amide bonds. The molecule has 2 aromatic rings. The lowest BCUT2D eigenvalue weighted by Gasteiger charge is -2.34. The summed E-state index contributed by atoms with van der Waals surface area (Å²) in [5.74, 6) is 0.914. The Morgan fingerprint density at radius 1 is 0.800 bits per heavy atom. The van der Waals surface area contributed by atoms with Gasteiger partial charge in [-0.15, -0.1) is 0 Å². The fourth-order valence-electron chi connectivity index (χ4n) is 4.90. The van der Waals surface area contributed by atoms with Crippen molar-refractivity contribution in [2.45, 2.75) is 43.4 Å². The highest BCUT2D eigenvalue weighted by Gasteiger charge is 2.31. The molecular weight excluding hydrogens is 468 g/mol. The molecule has 0 N–H and O–H groups in total. The highest BCUT2D eigenvalue weighted by Crippen LogP contribution is 2.31. The Morgan fingerprint density at radius 2 is 1.54 bits per heavy atom. The molecule has 0 bridgehead atoms. The summed E-state index contributed by atoms with van der Waals surface area (Å²) in [7, 11) is -3.59. The zero-order valence-electron chi connectivity index (χ0n) is 19.7. The first-order valence-electron chi connectivity index (χ1n) is 12.2. The number of rotatable bonds is 6. The number of amides is 1. The summed E-state index contributed by atoms with van der Waals surface area (Å²) in [5, 5.41) is 0. The van der Waals surface area contributed by atoms with Gasteiger partial charge in [0.2, 0.25) is 15.9 Å². The summed E-state index contributed by atoms with van der Waals surface area (Å²) in [6, 6.07) is 10.5. The van der Waals surface area contributed by atoms with Crippen LogP contribution in [0.4, 0.5) is 0 Å². The van der Waals surface area contributed by atoms with E-state index in [1.165, 1.54) is 9.87 Å². The lowest BCUT2D eigenvalue weighted by atomic mass is 10.1. The van der Waals surface area contributed by atoms with Gasteiger partial charge in [-0.05, 0) is 60.7 Å². The molecule has 1 aliphatic carbocycles. The zero-order chi connectivity index (χ0) is 24.4. The normalized spacial score (nSPS) is 18.1. The number of hydrogen-bond donors (Lipinski definition) is 0. The number of piperazine rings is 1. The first-order chi connectivity index (χ1) is 16.9. The highest BCUT2D eigenvalue weighted by molar-refractivity contribution is 7.89. The van der Waals surface area contributed by atoms with Crippen LogP contribution in [0.5, 0.6) is 11.5 Å². The third kappa shape index (κ3) is 5.06.